The molecule has 12 heavy (non-hydrogen) atoms. The maximum absolute atomic E-state index is 10.7. The van der Waals surface area contributed by atoms with Gasteiger partial charge in [-0.3, -0.25) is 4.55 Å². The average Bonchev–Trinajstić information content (AvgIpc) is 2.30. The standard InChI is InChI=1S/C6H10N2O3S/c1-4(2)5-6(8-3-7-5)12(9,10)11/h3-4H,1-2H3,(H,7,8)(H,9,10,11). The van der Waals surface area contributed by atoms with E-state index in [-0.39, 0.29) is 10.9 Å². The molecule has 1 heterocycles. The van der Waals surface area contributed by atoms with E-state index in [0.717, 1.165) is 0 Å². The summed E-state index contributed by atoms with van der Waals surface area (Å²) in [6.45, 7) is 3.62. The number of rotatable bonds is 2. The average molecular weight is 190 g/mol. The molecule has 0 fully saturated rings. The third kappa shape index (κ3) is 1.64. The summed E-state index contributed by atoms with van der Waals surface area (Å²) in [6.07, 6.45) is 1.25. The number of nitrogens with one attached hydrogen (secondary N) is 1. The SMILES string of the molecule is CC(C)c1[nH]cnc1S(=O)(=O)O. The second kappa shape index (κ2) is 2.87. The van der Waals surface area contributed by atoms with Crippen LogP contribution >= 0.6 is 0 Å². The van der Waals surface area contributed by atoms with E-state index in [0.29, 0.717) is 5.69 Å². The van der Waals surface area contributed by atoms with Gasteiger partial charge in [-0.2, -0.15) is 8.42 Å². The van der Waals surface area contributed by atoms with Gasteiger partial charge in [0.15, 0.2) is 0 Å². The van der Waals surface area contributed by atoms with E-state index in [1.807, 2.05) is 13.8 Å². The first-order valence-corrected chi connectivity index (χ1v) is 4.87. The van der Waals surface area contributed by atoms with Gasteiger partial charge in [0.1, 0.15) is 0 Å². The second-order valence-corrected chi connectivity index (χ2v) is 4.09. The van der Waals surface area contributed by atoms with Crippen molar-refractivity contribution in [2.24, 2.45) is 0 Å². The maximum Gasteiger partial charge on any atom is 0.313 e. The van der Waals surface area contributed by atoms with Crippen molar-refractivity contribution in [2.45, 2.75) is 24.8 Å². The van der Waals surface area contributed by atoms with Crippen molar-refractivity contribution in [1.82, 2.24) is 9.97 Å². The minimum Gasteiger partial charge on any atom is -0.347 e. The first-order valence-electron chi connectivity index (χ1n) is 3.43. The van der Waals surface area contributed by atoms with Crippen LogP contribution in [0.15, 0.2) is 11.4 Å². The molecule has 6 heteroatoms. The third-order valence-corrected chi connectivity index (χ3v) is 2.27. The molecule has 0 atom stereocenters. The van der Waals surface area contributed by atoms with Crippen LogP contribution in [0.25, 0.3) is 0 Å². The third-order valence-electron chi connectivity index (χ3n) is 1.45. The molecule has 0 aliphatic rings. The van der Waals surface area contributed by atoms with E-state index >= 15 is 0 Å². The predicted octanol–water partition coefficient (Wildman–Crippen LogP) is 0.780. The molecule has 0 spiro atoms. The summed E-state index contributed by atoms with van der Waals surface area (Å²) in [5, 5.41) is -0.280. The molecular formula is C6H10N2O3S. The fourth-order valence-corrected chi connectivity index (χ4v) is 1.67. The molecule has 0 aliphatic heterocycles. The van der Waals surface area contributed by atoms with Gasteiger partial charge < -0.3 is 4.98 Å². The molecule has 0 aromatic carbocycles. The zero-order valence-electron chi connectivity index (χ0n) is 6.77. The lowest BCUT2D eigenvalue weighted by molar-refractivity contribution is 0.477. The molecule has 1 aromatic heterocycles. The Kier molecular flexibility index (Phi) is 2.20. The van der Waals surface area contributed by atoms with Gasteiger partial charge in [0.05, 0.1) is 12.0 Å². The van der Waals surface area contributed by atoms with Gasteiger partial charge in [-0.15, -0.1) is 0 Å². The highest BCUT2D eigenvalue weighted by Gasteiger charge is 2.19. The molecular weight excluding hydrogens is 180 g/mol. The van der Waals surface area contributed by atoms with Gasteiger partial charge in [0.2, 0.25) is 5.03 Å². The molecule has 2 N–H and O–H groups in total. The van der Waals surface area contributed by atoms with Crippen LogP contribution in [0.3, 0.4) is 0 Å². The van der Waals surface area contributed by atoms with E-state index in [1.54, 1.807) is 0 Å². The summed E-state index contributed by atoms with van der Waals surface area (Å²) in [5.41, 5.74) is 0.428. The lowest BCUT2D eigenvalue weighted by Gasteiger charge is -2.01. The molecule has 0 saturated heterocycles. The van der Waals surface area contributed by atoms with Crippen LogP contribution in [0.4, 0.5) is 0 Å². The molecule has 0 bridgehead atoms. The Morgan fingerprint density at radius 1 is 1.58 bits per heavy atom. The number of nitrogens with zero attached hydrogens (tertiary/aromatic N) is 1. The van der Waals surface area contributed by atoms with Crippen molar-refractivity contribution in [1.29, 1.82) is 0 Å². The van der Waals surface area contributed by atoms with Crippen molar-refractivity contribution in [2.75, 3.05) is 0 Å². The molecule has 0 amide bonds. The molecule has 0 unspecified atom stereocenters. The van der Waals surface area contributed by atoms with Crippen LogP contribution in [-0.4, -0.2) is 22.9 Å². The fraction of sp³-hybridized carbons (Fsp3) is 0.500. The number of aromatic nitrogens is 2. The zero-order chi connectivity index (χ0) is 9.35. The zero-order valence-corrected chi connectivity index (χ0v) is 7.59. The lowest BCUT2D eigenvalue weighted by atomic mass is 10.2. The van der Waals surface area contributed by atoms with Crippen molar-refractivity contribution < 1.29 is 13.0 Å². The van der Waals surface area contributed by atoms with Crippen molar-refractivity contribution in [3.8, 4) is 0 Å². The number of H-pyrrole nitrogens is 1. The van der Waals surface area contributed by atoms with Gasteiger partial charge in [-0.05, 0) is 5.92 Å². The van der Waals surface area contributed by atoms with Crippen LogP contribution in [0, 0.1) is 0 Å². The fourth-order valence-electron chi connectivity index (χ4n) is 0.911. The Labute approximate surface area is 70.6 Å². The Hall–Kier alpha value is -0.880. The second-order valence-electron chi connectivity index (χ2n) is 2.75. The highest BCUT2D eigenvalue weighted by Crippen LogP contribution is 2.18. The minimum atomic E-state index is -4.18. The summed E-state index contributed by atoms with van der Waals surface area (Å²) in [7, 11) is -4.18. The van der Waals surface area contributed by atoms with E-state index < -0.39 is 10.1 Å². The van der Waals surface area contributed by atoms with Crippen molar-refractivity contribution in [3.05, 3.63) is 12.0 Å². The first-order chi connectivity index (χ1) is 5.43. The van der Waals surface area contributed by atoms with E-state index in [1.165, 1.54) is 6.33 Å². The van der Waals surface area contributed by atoms with Gasteiger partial charge in [0, 0.05) is 0 Å². The van der Waals surface area contributed by atoms with Crippen LogP contribution in [0.1, 0.15) is 25.5 Å². The molecule has 0 saturated carbocycles. The largest absolute Gasteiger partial charge is 0.347 e. The van der Waals surface area contributed by atoms with E-state index in [9.17, 15) is 8.42 Å². The normalized spacial score (nSPS) is 12.3. The smallest absolute Gasteiger partial charge is 0.313 e. The molecule has 5 nitrogen and oxygen atoms in total. The maximum atomic E-state index is 10.7. The van der Waals surface area contributed by atoms with Crippen LogP contribution in [-0.2, 0) is 10.1 Å². The first kappa shape index (κ1) is 9.21. The number of imidazole rings is 1. The highest BCUT2D eigenvalue weighted by atomic mass is 32.2. The Bertz CT molecular complexity index is 366. The molecule has 1 rings (SSSR count). The number of hydrogen-bond acceptors (Lipinski definition) is 3. The summed E-state index contributed by atoms with van der Waals surface area (Å²) >= 11 is 0. The van der Waals surface area contributed by atoms with Crippen LogP contribution in [0.2, 0.25) is 0 Å². The molecule has 1 aromatic rings. The van der Waals surface area contributed by atoms with Gasteiger partial charge in [0.25, 0.3) is 0 Å². The Balaban J connectivity index is 3.26. The van der Waals surface area contributed by atoms with Crippen LogP contribution in [0.5, 0.6) is 0 Å². The van der Waals surface area contributed by atoms with E-state index in [2.05, 4.69) is 9.97 Å². The Morgan fingerprint density at radius 3 is 2.50 bits per heavy atom. The number of hydrogen-bond donors (Lipinski definition) is 2. The van der Waals surface area contributed by atoms with Gasteiger partial charge >= 0.3 is 10.1 Å². The summed E-state index contributed by atoms with van der Waals surface area (Å²) in [5.74, 6) is -0.00979. The Morgan fingerprint density at radius 2 is 2.17 bits per heavy atom. The topological polar surface area (TPSA) is 83.0 Å². The van der Waals surface area contributed by atoms with Crippen molar-refractivity contribution in [3.63, 3.8) is 0 Å². The summed E-state index contributed by atoms with van der Waals surface area (Å²) < 4.78 is 30.1. The summed E-state index contributed by atoms with van der Waals surface area (Å²) in [4.78, 5) is 6.18. The molecule has 0 aliphatic carbocycles. The lowest BCUT2D eigenvalue weighted by Crippen LogP contribution is -2.03. The molecule has 68 valence electrons. The monoisotopic (exact) mass is 190 g/mol. The highest BCUT2D eigenvalue weighted by molar-refractivity contribution is 7.85. The van der Waals surface area contributed by atoms with Gasteiger partial charge in [-0.25, -0.2) is 4.98 Å². The quantitative estimate of drug-likeness (QED) is 0.675. The van der Waals surface area contributed by atoms with Gasteiger partial charge in [-0.1, -0.05) is 13.8 Å². The minimum absolute atomic E-state index is 0.00979. The predicted molar refractivity (Wildman–Crippen MR) is 42.5 cm³/mol. The van der Waals surface area contributed by atoms with Crippen molar-refractivity contribution >= 4 is 10.1 Å². The van der Waals surface area contributed by atoms with Crippen LogP contribution < -0.4 is 0 Å². The number of aromatic amines is 1. The molecule has 0 radical (unpaired) electrons. The summed E-state index contributed by atoms with van der Waals surface area (Å²) in [6, 6.07) is 0. The van der Waals surface area contributed by atoms with E-state index in [4.69, 9.17) is 4.55 Å².